The number of nitrogen functional groups attached to an aromatic ring is 1. The number of oxime groups is 1. The van der Waals surface area contributed by atoms with Gasteiger partial charge in [0.25, 0.3) is 11.8 Å². The molecular weight excluding hydrogens is 528 g/mol. The number of nitrogens with zero attached hydrogens (tertiary/aromatic N) is 5. The van der Waals surface area contributed by atoms with E-state index in [0.29, 0.717) is 30.0 Å². The summed E-state index contributed by atoms with van der Waals surface area (Å²) in [5, 5.41) is 24.7. The molecule has 1 fully saturated rings. The van der Waals surface area contributed by atoms with Gasteiger partial charge in [0.15, 0.2) is 5.13 Å². The van der Waals surface area contributed by atoms with Crippen molar-refractivity contribution < 1.29 is 24.7 Å². The smallest absolute Gasteiger partial charge is 0.353 e. The fraction of sp³-hybridized carbons (Fsp3) is 0.350. The molecule has 7 N–H and O–H groups in total. The Morgan fingerprint density at radius 3 is 2.86 bits per heavy atom. The minimum absolute atomic E-state index is 0.0775. The summed E-state index contributed by atoms with van der Waals surface area (Å²) < 4.78 is 3.83. The van der Waals surface area contributed by atoms with E-state index in [-0.39, 0.29) is 16.7 Å². The minimum Gasteiger partial charge on any atom is -0.477 e. The third-order valence-electron chi connectivity index (χ3n) is 5.46. The highest BCUT2D eigenvalue weighted by atomic mass is 32.2. The summed E-state index contributed by atoms with van der Waals surface area (Å²) in [6.07, 6.45) is 4.21. The van der Waals surface area contributed by atoms with Crippen molar-refractivity contribution in [3.8, 4) is 0 Å². The van der Waals surface area contributed by atoms with Crippen molar-refractivity contribution in [3.05, 3.63) is 40.5 Å². The van der Waals surface area contributed by atoms with Crippen LogP contribution < -0.4 is 16.8 Å². The summed E-state index contributed by atoms with van der Waals surface area (Å²) in [5.74, 6) is -1.38. The Balaban J connectivity index is 1.51. The number of carbonyl (C=O) groups excluding carboxylic acids is 2. The van der Waals surface area contributed by atoms with Crippen molar-refractivity contribution in [2.24, 2.45) is 10.9 Å². The molecule has 36 heavy (non-hydrogen) atoms. The zero-order valence-corrected chi connectivity index (χ0v) is 21.1. The van der Waals surface area contributed by atoms with Crippen LogP contribution in [0.2, 0.25) is 0 Å². The van der Waals surface area contributed by atoms with Gasteiger partial charge in [0.05, 0.1) is 6.04 Å². The summed E-state index contributed by atoms with van der Waals surface area (Å²) in [7, 11) is 0. The minimum atomic E-state index is -1.23. The van der Waals surface area contributed by atoms with Gasteiger partial charge in [0, 0.05) is 51.8 Å². The van der Waals surface area contributed by atoms with Gasteiger partial charge in [-0.15, -0.1) is 0 Å². The largest absolute Gasteiger partial charge is 0.477 e. The van der Waals surface area contributed by atoms with Crippen LogP contribution in [0.4, 0.5) is 5.13 Å². The van der Waals surface area contributed by atoms with Gasteiger partial charge < -0.3 is 27.1 Å². The number of fused-ring (bicyclic) bond motifs is 1. The number of nitrogens with one attached hydrogen (secondary N) is 1. The zero-order chi connectivity index (χ0) is 25.8. The molecule has 0 aliphatic carbocycles. The van der Waals surface area contributed by atoms with Crippen molar-refractivity contribution in [1.29, 1.82) is 0 Å². The molecule has 2 unspecified atom stereocenters. The number of hydrogen-bond donors (Lipinski definition) is 5. The van der Waals surface area contributed by atoms with Crippen LogP contribution in [-0.4, -0.2) is 77.4 Å². The number of carboxylic acids is 1. The average Bonchev–Trinajstić information content (AvgIpc) is 3.29. The van der Waals surface area contributed by atoms with E-state index < -0.39 is 35.6 Å². The number of aromatic nitrogens is 3. The number of carbonyl (C=O) groups is 3. The van der Waals surface area contributed by atoms with E-state index in [2.05, 4.69) is 24.8 Å². The quantitative estimate of drug-likeness (QED) is 0.0898. The standard InChI is InChI=1S/C20H22N8O5S3/c21-4-6-34-8-9-7-23-5-3-11(9)35-12-2-1-10-13(18(30)28(10)15(12)19(31)32)24-17(29)14(26-33)16-25-20(22)36-27-16/h3,5,7,10,13,33H,1-2,4,6,8,21H2,(H,24,29)(H,31,32)(H2,22,25,27)/b26-14-. The Labute approximate surface area is 217 Å². The summed E-state index contributed by atoms with van der Waals surface area (Å²) in [4.78, 5) is 48.4. The van der Waals surface area contributed by atoms with Gasteiger partial charge in [-0.25, -0.2) is 4.79 Å². The van der Waals surface area contributed by atoms with Crippen LogP contribution in [0.3, 0.4) is 0 Å². The number of rotatable bonds is 10. The average molecular weight is 551 g/mol. The maximum absolute atomic E-state index is 13.0. The Hall–Kier alpha value is -3.21. The third-order valence-corrected chi connectivity index (χ3v) is 8.31. The van der Waals surface area contributed by atoms with Gasteiger partial charge in [-0.1, -0.05) is 16.9 Å². The van der Waals surface area contributed by atoms with Crippen molar-refractivity contribution in [2.75, 3.05) is 18.0 Å². The van der Waals surface area contributed by atoms with Crippen LogP contribution in [0.1, 0.15) is 24.2 Å². The number of aliphatic carboxylic acids is 1. The zero-order valence-electron chi connectivity index (χ0n) is 18.7. The molecule has 0 radical (unpaired) electrons. The molecular formula is C20H22N8O5S3. The highest BCUT2D eigenvalue weighted by Gasteiger charge is 2.54. The summed E-state index contributed by atoms with van der Waals surface area (Å²) >= 11 is 3.78. The highest BCUT2D eigenvalue weighted by molar-refractivity contribution is 8.03. The van der Waals surface area contributed by atoms with Crippen LogP contribution >= 0.6 is 35.1 Å². The van der Waals surface area contributed by atoms with E-state index in [4.69, 9.17) is 11.5 Å². The van der Waals surface area contributed by atoms with Gasteiger partial charge >= 0.3 is 5.97 Å². The molecule has 2 aromatic rings. The molecule has 2 aliphatic rings. The molecule has 2 aromatic heterocycles. The summed E-state index contributed by atoms with van der Waals surface area (Å²) in [6.45, 7) is 0.553. The number of pyridine rings is 1. The lowest BCUT2D eigenvalue weighted by Gasteiger charge is -2.50. The van der Waals surface area contributed by atoms with E-state index in [1.54, 1.807) is 24.2 Å². The first-order chi connectivity index (χ1) is 17.3. The second-order valence-electron chi connectivity index (χ2n) is 7.67. The number of nitrogens with two attached hydrogens (primary N) is 2. The Morgan fingerprint density at radius 1 is 1.39 bits per heavy atom. The maximum Gasteiger partial charge on any atom is 0.353 e. The van der Waals surface area contributed by atoms with Gasteiger partial charge in [0.2, 0.25) is 11.5 Å². The fourth-order valence-electron chi connectivity index (χ4n) is 3.88. The van der Waals surface area contributed by atoms with Gasteiger partial charge in [0.1, 0.15) is 11.7 Å². The lowest BCUT2D eigenvalue weighted by Crippen LogP contribution is -2.72. The van der Waals surface area contributed by atoms with Crippen molar-refractivity contribution in [2.45, 2.75) is 35.6 Å². The van der Waals surface area contributed by atoms with E-state index in [0.717, 1.165) is 27.7 Å². The number of amides is 2. The molecule has 13 nitrogen and oxygen atoms in total. The first-order valence-electron chi connectivity index (χ1n) is 10.7. The molecule has 2 aliphatic heterocycles. The molecule has 190 valence electrons. The predicted molar refractivity (Wildman–Crippen MR) is 134 cm³/mol. The van der Waals surface area contributed by atoms with Gasteiger partial charge in [-0.2, -0.15) is 21.1 Å². The first-order valence-corrected chi connectivity index (χ1v) is 13.4. The lowest BCUT2D eigenvalue weighted by molar-refractivity contribution is -0.155. The van der Waals surface area contributed by atoms with Crippen LogP contribution in [0, 0.1) is 0 Å². The van der Waals surface area contributed by atoms with E-state index in [1.807, 2.05) is 6.07 Å². The molecule has 0 spiro atoms. The van der Waals surface area contributed by atoms with Gasteiger partial charge in [-0.05, 0) is 24.5 Å². The SMILES string of the molecule is NCCSCc1cnccc1SC1=C(C(=O)O)N2C(=O)C(NC(=O)/C(=N\O)c3nsc(N)n3)C2CC1. The number of allylic oxidation sites excluding steroid dienone is 1. The summed E-state index contributed by atoms with van der Waals surface area (Å²) in [6, 6.07) is 0.287. The van der Waals surface area contributed by atoms with Crippen LogP contribution in [-0.2, 0) is 20.1 Å². The molecule has 0 aromatic carbocycles. The van der Waals surface area contributed by atoms with E-state index in [9.17, 15) is 24.7 Å². The highest BCUT2D eigenvalue weighted by Crippen LogP contribution is 2.44. The monoisotopic (exact) mass is 550 g/mol. The molecule has 2 amide bonds. The molecule has 0 bridgehead atoms. The lowest BCUT2D eigenvalue weighted by atomic mass is 9.86. The Kier molecular flexibility index (Phi) is 8.07. The second-order valence-corrected chi connectivity index (χ2v) is 10.7. The fourth-order valence-corrected chi connectivity index (χ4v) is 6.32. The van der Waals surface area contributed by atoms with Crippen LogP contribution in [0.5, 0.6) is 0 Å². The van der Waals surface area contributed by atoms with E-state index in [1.165, 1.54) is 16.7 Å². The number of hydrogen-bond acceptors (Lipinski definition) is 13. The van der Waals surface area contributed by atoms with Gasteiger partial charge in [-0.3, -0.25) is 19.5 Å². The van der Waals surface area contributed by atoms with E-state index >= 15 is 0 Å². The Morgan fingerprint density at radius 2 is 2.19 bits per heavy atom. The van der Waals surface area contributed by atoms with Crippen molar-refractivity contribution in [3.63, 3.8) is 0 Å². The number of anilines is 1. The van der Waals surface area contributed by atoms with Crippen molar-refractivity contribution >= 4 is 63.7 Å². The van der Waals surface area contributed by atoms with Crippen molar-refractivity contribution in [1.82, 2.24) is 24.6 Å². The number of β-lactam (4-membered cyclic amide) rings is 1. The molecule has 0 saturated carbocycles. The Bertz CT molecular complexity index is 1250. The molecule has 4 rings (SSSR count). The maximum atomic E-state index is 13.0. The number of thioether (sulfide) groups is 2. The topological polar surface area (TPSA) is 210 Å². The molecule has 16 heteroatoms. The molecule has 4 heterocycles. The first kappa shape index (κ1) is 25.9. The second kappa shape index (κ2) is 11.2. The molecule has 2 atom stereocenters. The third kappa shape index (κ3) is 5.16. The predicted octanol–water partition coefficient (Wildman–Crippen LogP) is 0.463. The summed E-state index contributed by atoms with van der Waals surface area (Å²) in [5.41, 5.74) is 11.4. The number of carboxylic acid groups (broad SMARTS) is 1. The van der Waals surface area contributed by atoms with Crippen LogP contribution in [0.25, 0.3) is 0 Å². The van der Waals surface area contributed by atoms with Crippen LogP contribution in [0.15, 0.2) is 39.1 Å². The molecule has 1 saturated heterocycles. The normalized spacial score (nSPS) is 19.6.